The van der Waals surface area contributed by atoms with E-state index in [0.717, 1.165) is 6.54 Å². The van der Waals surface area contributed by atoms with Crippen LogP contribution >= 0.6 is 11.3 Å². The van der Waals surface area contributed by atoms with Gasteiger partial charge in [-0.15, -0.1) is 0 Å². The fraction of sp³-hybridized carbons (Fsp3) is 0.500. The molecule has 2 heteroatoms. The van der Waals surface area contributed by atoms with Crippen LogP contribution in [0.3, 0.4) is 0 Å². The van der Waals surface area contributed by atoms with Crippen molar-refractivity contribution < 1.29 is 4.57 Å². The monoisotopic (exact) mass is 128 g/mol. The highest BCUT2D eigenvalue weighted by molar-refractivity contribution is 7.07. The predicted molar refractivity (Wildman–Crippen MR) is 34.9 cm³/mol. The summed E-state index contributed by atoms with van der Waals surface area (Å²) in [5, 5.41) is 2.16. The third kappa shape index (κ3) is 0.892. The van der Waals surface area contributed by atoms with Crippen LogP contribution in [-0.4, -0.2) is 0 Å². The quantitative estimate of drug-likeness (QED) is 0.503. The molecule has 0 unspecified atom stereocenters. The average Bonchev–Trinajstić information content (AvgIpc) is 2.14. The van der Waals surface area contributed by atoms with E-state index in [-0.39, 0.29) is 0 Å². The molecule has 0 radical (unpaired) electrons. The summed E-state index contributed by atoms with van der Waals surface area (Å²) in [6.45, 7) is 5.37. The van der Waals surface area contributed by atoms with E-state index in [9.17, 15) is 0 Å². The van der Waals surface area contributed by atoms with Crippen molar-refractivity contribution in [2.24, 2.45) is 0 Å². The highest BCUT2D eigenvalue weighted by Gasteiger charge is 2.00. The fourth-order valence-corrected chi connectivity index (χ4v) is 1.53. The molecule has 0 aliphatic rings. The van der Waals surface area contributed by atoms with Crippen molar-refractivity contribution in [3.8, 4) is 0 Å². The van der Waals surface area contributed by atoms with Gasteiger partial charge in [-0.1, -0.05) is 11.3 Å². The van der Waals surface area contributed by atoms with Gasteiger partial charge in [0.05, 0.1) is 5.38 Å². The number of aryl methyl sites for hydroxylation is 2. The van der Waals surface area contributed by atoms with Crippen LogP contribution < -0.4 is 4.57 Å². The molecule has 0 saturated carbocycles. The summed E-state index contributed by atoms with van der Waals surface area (Å²) < 4.78 is 2.23. The van der Waals surface area contributed by atoms with E-state index < -0.39 is 0 Å². The zero-order valence-corrected chi connectivity index (χ0v) is 6.03. The molecule has 0 amide bonds. The third-order valence-electron chi connectivity index (χ3n) is 1.22. The summed E-state index contributed by atoms with van der Waals surface area (Å²) in [7, 11) is 0. The highest BCUT2D eigenvalue weighted by Crippen LogP contribution is 1.94. The Kier molecular flexibility index (Phi) is 1.63. The zero-order valence-electron chi connectivity index (χ0n) is 5.22. The number of thiazole rings is 1. The molecule has 0 saturated heterocycles. The Bertz CT molecular complexity index is 169. The van der Waals surface area contributed by atoms with Crippen LogP contribution in [0.1, 0.15) is 12.6 Å². The lowest BCUT2D eigenvalue weighted by atomic mass is 10.5. The summed E-state index contributed by atoms with van der Waals surface area (Å²) in [4.78, 5) is 0. The molecule has 0 bridgehead atoms. The first-order valence-electron chi connectivity index (χ1n) is 2.77. The number of aromatic nitrogens is 1. The molecule has 1 rings (SSSR count). The van der Waals surface area contributed by atoms with Gasteiger partial charge < -0.3 is 0 Å². The Labute approximate surface area is 53.6 Å². The Morgan fingerprint density at radius 1 is 1.75 bits per heavy atom. The molecule has 0 spiro atoms. The predicted octanol–water partition coefficient (Wildman–Crippen LogP) is 1.36. The second kappa shape index (κ2) is 2.27. The summed E-state index contributed by atoms with van der Waals surface area (Å²) in [5.41, 5.74) is 3.49. The van der Waals surface area contributed by atoms with E-state index >= 15 is 0 Å². The maximum Gasteiger partial charge on any atom is 0.224 e. The standard InChI is InChI=1S/C6H10NS/c1-3-7-5-8-4-6(7)2/h4-5H,3H2,1-2H3/q+1. The van der Waals surface area contributed by atoms with Crippen molar-refractivity contribution in [1.82, 2.24) is 0 Å². The molecule has 1 aromatic rings. The van der Waals surface area contributed by atoms with Gasteiger partial charge in [0.15, 0.2) is 5.69 Å². The molecule has 44 valence electrons. The van der Waals surface area contributed by atoms with Gasteiger partial charge in [-0.2, -0.15) is 4.57 Å². The van der Waals surface area contributed by atoms with E-state index in [2.05, 4.69) is 29.3 Å². The van der Waals surface area contributed by atoms with E-state index in [4.69, 9.17) is 0 Å². The minimum absolute atomic E-state index is 1.09. The molecule has 1 heterocycles. The third-order valence-corrected chi connectivity index (χ3v) is 2.07. The largest absolute Gasteiger partial charge is 0.224 e. The molecule has 1 aromatic heterocycles. The van der Waals surface area contributed by atoms with Crippen molar-refractivity contribution in [2.75, 3.05) is 0 Å². The molecule has 8 heavy (non-hydrogen) atoms. The second-order valence-corrected chi connectivity index (χ2v) is 2.51. The summed E-state index contributed by atoms with van der Waals surface area (Å²) >= 11 is 1.75. The van der Waals surface area contributed by atoms with Gasteiger partial charge in [0.1, 0.15) is 6.54 Å². The van der Waals surface area contributed by atoms with E-state index in [0.29, 0.717) is 0 Å². The maximum absolute atomic E-state index is 2.23. The Morgan fingerprint density at radius 3 is 2.75 bits per heavy atom. The number of rotatable bonds is 1. The molecule has 0 atom stereocenters. The number of hydrogen-bond donors (Lipinski definition) is 0. The first-order chi connectivity index (χ1) is 3.84. The first kappa shape index (κ1) is 5.76. The first-order valence-corrected chi connectivity index (χ1v) is 3.71. The van der Waals surface area contributed by atoms with Gasteiger partial charge in [0.25, 0.3) is 0 Å². The van der Waals surface area contributed by atoms with Gasteiger partial charge in [-0.05, 0) is 6.92 Å². The van der Waals surface area contributed by atoms with Gasteiger partial charge in [-0.3, -0.25) is 0 Å². The van der Waals surface area contributed by atoms with Crippen LogP contribution in [0.4, 0.5) is 0 Å². The van der Waals surface area contributed by atoms with Gasteiger partial charge in [0.2, 0.25) is 5.51 Å². The normalized spacial score (nSPS) is 9.75. The van der Waals surface area contributed by atoms with Crippen LogP contribution in [0.15, 0.2) is 10.9 Å². The number of hydrogen-bond acceptors (Lipinski definition) is 1. The fourth-order valence-electron chi connectivity index (χ4n) is 0.677. The van der Waals surface area contributed by atoms with Crippen molar-refractivity contribution in [2.45, 2.75) is 20.4 Å². The maximum atomic E-state index is 2.23. The molecule has 0 fully saturated rings. The van der Waals surface area contributed by atoms with Gasteiger partial charge in [-0.25, -0.2) is 0 Å². The Morgan fingerprint density at radius 2 is 2.50 bits per heavy atom. The molecule has 0 aromatic carbocycles. The smallest absolute Gasteiger partial charge is 0.193 e. The SMILES string of the molecule is CC[n+]1cscc1C. The van der Waals surface area contributed by atoms with E-state index in [1.54, 1.807) is 11.3 Å². The lowest BCUT2D eigenvalue weighted by molar-refractivity contribution is -0.694. The Balaban J connectivity index is 2.92. The van der Waals surface area contributed by atoms with E-state index in [1.807, 2.05) is 0 Å². The van der Waals surface area contributed by atoms with Crippen LogP contribution in [0, 0.1) is 6.92 Å². The van der Waals surface area contributed by atoms with Crippen LogP contribution in [0.2, 0.25) is 0 Å². The van der Waals surface area contributed by atoms with Gasteiger partial charge >= 0.3 is 0 Å². The topological polar surface area (TPSA) is 3.88 Å². The van der Waals surface area contributed by atoms with E-state index in [1.165, 1.54) is 5.69 Å². The average molecular weight is 128 g/mol. The second-order valence-electron chi connectivity index (χ2n) is 1.79. The molecule has 0 aliphatic heterocycles. The molecular weight excluding hydrogens is 118 g/mol. The molecule has 0 N–H and O–H groups in total. The summed E-state index contributed by atoms with van der Waals surface area (Å²) in [5.74, 6) is 0. The van der Waals surface area contributed by atoms with Crippen molar-refractivity contribution >= 4 is 11.3 Å². The molecule has 1 nitrogen and oxygen atoms in total. The van der Waals surface area contributed by atoms with Crippen LogP contribution in [0.25, 0.3) is 0 Å². The zero-order chi connectivity index (χ0) is 5.98. The highest BCUT2D eigenvalue weighted by atomic mass is 32.1. The number of nitrogens with zero attached hydrogens (tertiary/aromatic N) is 1. The molecular formula is C6H10NS+. The van der Waals surface area contributed by atoms with Crippen LogP contribution in [0.5, 0.6) is 0 Å². The van der Waals surface area contributed by atoms with Gasteiger partial charge in [0, 0.05) is 6.92 Å². The molecule has 0 aliphatic carbocycles. The Hall–Kier alpha value is -0.370. The van der Waals surface area contributed by atoms with Crippen LogP contribution in [-0.2, 0) is 6.54 Å². The minimum atomic E-state index is 1.09. The van der Waals surface area contributed by atoms with Crippen molar-refractivity contribution in [1.29, 1.82) is 0 Å². The summed E-state index contributed by atoms with van der Waals surface area (Å²) in [6.07, 6.45) is 0. The lowest BCUT2D eigenvalue weighted by Gasteiger charge is -1.82. The summed E-state index contributed by atoms with van der Waals surface area (Å²) in [6, 6.07) is 0. The van der Waals surface area contributed by atoms with Crippen molar-refractivity contribution in [3.63, 3.8) is 0 Å². The van der Waals surface area contributed by atoms with Crippen molar-refractivity contribution in [3.05, 3.63) is 16.6 Å². The minimum Gasteiger partial charge on any atom is -0.193 e. The lowest BCUT2D eigenvalue weighted by Crippen LogP contribution is -2.31.